The van der Waals surface area contributed by atoms with E-state index in [-0.39, 0.29) is 29.1 Å². The van der Waals surface area contributed by atoms with Crippen LogP contribution in [0, 0.1) is 6.92 Å². The lowest BCUT2D eigenvalue weighted by atomic mass is 9.71. The fraction of sp³-hybridized carbons (Fsp3) is 0.229. The smallest absolute Gasteiger partial charge is 0.254 e. The van der Waals surface area contributed by atoms with Crippen LogP contribution in [0.15, 0.2) is 105 Å². The molecule has 8 heteroatoms. The zero-order valence-electron chi connectivity index (χ0n) is 24.4. The van der Waals surface area contributed by atoms with Gasteiger partial charge in [-0.3, -0.25) is 14.4 Å². The Morgan fingerprint density at radius 1 is 0.930 bits per heavy atom. The summed E-state index contributed by atoms with van der Waals surface area (Å²) in [5.74, 6) is -0.381. The molecule has 0 spiro atoms. The zero-order chi connectivity index (χ0) is 30.2. The maximum atomic E-state index is 14.1. The second kappa shape index (κ2) is 11.3. The minimum Gasteiger partial charge on any atom is -0.493 e. The number of carbonyl (C=O) groups is 2. The van der Waals surface area contributed by atoms with E-state index in [1.807, 2.05) is 49.4 Å². The Labute approximate surface area is 249 Å². The van der Waals surface area contributed by atoms with E-state index in [0.29, 0.717) is 57.1 Å². The van der Waals surface area contributed by atoms with E-state index in [9.17, 15) is 14.4 Å². The number of carbonyl (C=O) groups excluding carboxylic acids is 2. The number of Topliss-reactive ketones (excluding diaryl/α,β-unsaturated/α-hetero) is 1. The van der Waals surface area contributed by atoms with E-state index in [1.54, 1.807) is 45.4 Å². The fourth-order valence-corrected chi connectivity index (χ4v) is 6.12. The summed E-state index contributed by atoms with van der Waals surface area (Å²) < 4.78 is 16.8. The van der Waals surface area contributed by atoms with Crippen LogP contribution in [0.2, 0.25) is 0 Å². The van der Waals surface area contributed by atoms with Crippen LogP contribution in [0.3, 0.4) is 0 Å². The average molecular weight is 577 g/mol. The van der Waals surface area contributed by atoms with Crippen molar-refractivity contribution in [1.82, 2.24) is 5.32 Å². The Bertz CT molecular complexity index is 1880. The molecule has 1 aliphatic heterocycles. The monoisotopic (exact) mass is 576 g/mol. The topological polar surface area (TPSA) is 107 Å². The number of hydrogen-bond donors (Lipinski definition) is 2. The normalized spacial score (nSPS) is 18.3. The number of aryl methyl sites for hydroxylation is 1. The van der Waals surface area contributed by atoms with Crippen molar-refractivity contribution >= 4 is 28.3 Å². The minimum absolute atomic E-state index is 0.136. The summed E-state index contributed by atoms with van der Waals surface area (Å²) in [6.07, 6.45) is 2.11. The molecule has 0 bridgehead atoms. The number of anilines is 1. The molecule has 4 aromatic rings. The molecule has 0 saturated carbocycles. The van der Waals surface area contributed by atoms with Gasteiger partial charge in [0.2, 0.25) is 0 Å². The molecule has 43 heavy (non-hydrogen) atoms. The molecule has 8 nitrogen and oxygen atoms in total. The molecule has 1 aromatic heterocycles. The number of rotatable bonds is 6. The predicted octanol–water partition coefficient (Wildman–Crippen LogP) is 6.12. The van der Waals surface area contributed by atoms with Crippen molar-refractivity contribution in [3.63, 3.8) is 0 Å². The number of ether oxygens (including phenoxy) is 2. The number of para-hydroxylation sites is 1. The Kier molecular flexibility index (Phi) is 7.36. The number of allylic oxidation sites excluding steroid dienone is 3. The molecular weight excluding hydrogens is 544 g/mol. The van der Waals surface area contributed by atoms with E-state index < -0.39 is 11.8 Å². The molecule has 2 heterocycles. The van der Waals surface area contributed by atoms with Crippen LogP contribution in [-0.4, -0.2) is 25.9 Å². The molecule has 2 atom stereocenters. The first-order valence-corrected chi connectivity index (χ1v) is 14.1. The lowest BCUT2D eigenvalue weighted by Crippen LogP contribution is -2.38. The molecular formula is C35H32N2O6. The highest BCUT2D eigenvalue weighted by molar-refractivity contribution is 6.10. The molecule has 0 saturated heterocycles. The second-order valence-electron chi connectivity index (χ2n) is 11.0. The van der Waals surface area contributed by atoms with Gasteiger partial charge in [0.05, 0.1) is 31.8 Å². The highest BCUT2D eigenvalue weighted by atomic mass is 16.5. The van der Waals surface area contributed by atoms with Gasteiger partial charge in [0.15, 0.2) is 22.7 Å². The van der Waals surface area contributed by atoms with E-state index >= 15 is 0 Å². The third-order valence-corrected chi connectivity index (χ3v) is 8.28. The molecule has 0 fully saturated rings. The first-order valence-electron chi connectivity index (χ1n) is 14.1. The predicted molar refractivity (Wildman–Crippen MR) is 164 cm³/mol. The van der Waals surface area contributed by atoms with Gasteiger partial charge in [0, 0.05) is 40.2 Å². The summed E-state index contributed by atoms with van der Waals surface area (Å²) in [5.41, 5.74) is 5.01. The van der Waals surface area contributed by atoms with Crippen LogP contribution >= 0.6 is 0 Å². The maximum absolute atomic E-state index is 14.1. The molecule has 2 aliphatic rings. The van der Waals surface area contributed by atoms with Crippen molar-refractivity contribution in [2.75, 3.05) is 19.5 Å². The van der Waals surface area contributed by atoms with Gasteiger partial charge >= 0.3 is 0 Å². The Morgan fingerprint density at radius 2 is 1.67 bits per heavy atom. The average Bonchev–Trinajstić information content (AvgIpc) is 3.01. The number of hydrogen-bond acceptors (Lipinski definition) is 7. The van der Waals surface area contributed by atoms with Gasteiger partial charge in [-0.2, -0.15) is 0 Å². The van der Waals surface area contributed by atoms with Crippen LogP contribution in [0.5, 0.6) is 11.5 Å². The van der Waals surface area contributed by atoms with Crippen molar-refractivity contribution < 1.29 is 23.5 Å². The van der Waals surface area contributed by atoms with Crippen molar-refractivity contribution in [2.45, 2.75) is 38.5 Å². The first-order chi connectivity index (χ1) is 20.8. The van der Waals surface area contributed by atoms with Gasteiger partial charge in [-0.05, 0) is 68.1 Å². The quantitative estimate of drug-likeness (QED) is 0.285. The molecule has 3 aromatic carbocycles. The van der Waals surface area contributed by atoms with Crippen LogP contribution in [-0.2, 0) is 9.59 Å². The molecule has 0 radical (unpaired) electrons. The standard InChI is InChI=1S/C35H32N2O6/c1-19-9-12-23(13-10-19)37-35(40)31-20(2)36-26-15-22(21-11-14-29(41-3)30(17-21)42-4)16-27(38)33(26)32(31)25-18-43-28-8-6-5-7-24(28)34(25)39/h5-14,17-18,22,32,36H,15-16H2,1-4H3,(H,37,40)/t22-,32-/m1/s1. The van der Waals surface area contributed by atoms with Crippen LogP contribution in [0.4, 0.5) is 5.69 Å². The van der Waals surface area contributed by atoms with Crippen LogP contribution in [0.1, 0.15) is 48.3 Å². The molecule has 218 valence electrons. The molecule has 6 rings (SSSR count). The second-order valence-corrected chi connectivity index (χ2v) is 11.0. The lowest BCUT2D eigenvalue weighted by Gasteiger charge is -2.36. The van der Waals surface area contributed by atoms with E-state index in [4.69, 9.17) is 13.9 Å². The number of methoxy groups -OCH3 is 2. The summed E-state index contributed by atoms with van der Waals surface area (Å²) >= 11 is 0. The van der Waals surface area contributed by atoms with Gasteiger partial charge in [0.1, 0.15) is 5.58 Å². The summed E-state index contributed by atoms with van der Waals surface area (Å²) in [6.45, 7) is 3.77. The third-order valence-electron chi connectivity index (χ3n) is 8.28. The molecule has 0 unspecified atom stereocenters. The van der Waals surface area contributed by atoms with Gasteiger partial charge in [-0.1, -0.05) is 35.9 Å². The maximum Gasteiger partial charge on any atom is 0.254 e. The molecule has 2 N–H and O–H groups in total. The zero-order valence-corrected chi connectivity index (χ0v) is 24.4. The Balaban J connectivity index is 1.46. The number of nitrogens with one attached hydrogen (secondary N) is 2. The van der Waals surface area contributed by atoms with Crippen molar-refractivity contribution in [2.24, 2.45) is 0 Å². The van der Waals surface area contributed by atoms with Crippen molar-refractivity contribution in [3.8, 4) is 11.5 Å². The third kappa shape index (κ3) is 5.09. The summed E-state index contributed by atoms with van der Waals surface area (Å²) in [4.78, 5) is 41.9. The number of benzene rings is 3. The number of dihydropyridines is 1. The Morgan fingerprint density at radius 3 is 2.42 bits per heavy atom. The summed E-state index contributed by atoms with van der Waals surface area (Å²) in [6, 6.07) is 20.1. The van der Waals surface area contributed by atoms with Gasteiger partial charge in [0.25, 0.3) is 5.91 Å². The largest absolute Gasteiger partial charge is 0.493 e. The highest BCUT2D eigenvalue weighted by Crippen LogP contribution is 2.46. The Hall–Kier alpha value is -5.11. The SMILES string of the molecule is COc1ccc([C@H]2CC(=O)C3=C(C2)NC(C)=C(C(=O)Nc2ccc(C)cc2)[C@H]3c2coc3ccccc3c2=O)cc1OC. The van der Waals surface area contributed by atoms with Gasteiger partial charge in [-0.25, -0.2) is 0 Å². The summed E-state index contributed by atoms with van der Waals surface area (Å²) in [7, 11) is 3.16. The first kappa shape index (κ1) is 28.0. The van der Waals surface area contributed by atoms with Crippen molar-refractivity contribution in [1.29, 1.82) is 0 Å². The number of ketones is 1. The van der Waals surface area contributed by atoms with Crippen LogP contribution < -0.4 is 25.5 Å². The van der Waals surface area contributed by atoms with Gasteiger partial charge < -0.3 is 24.5 Å². The van der Waals surface area contributed by atoms with Crippen LogP contribution in [0.25, 0.3) is 11.0 Å². The molecule has 1 aliphatic carbocycles. The van der Waals surface area contributed by atoms with E-state index in [1.165, 1.54) is 6.26 Å². The minimum atomic E-state index is -0.901. The lowest BCUT2D eigenvalue weighted by molar-refractivity contribution is -0.116. The van der Waals surface area contributed by atoms with Crippen molar-refractivity contribution in [3.05, 3.63) is 122 Å². The highest BCUT2D eigenvalue weighted by Gasteiger charge is 2.42. The van der Waals surface area contributed by atoms with Gasteiger partial charge in [-0.15, -0.1) is 0 Å². The number of fused-ring (bicyclic) bond motifs is 1. The summed E-state index contributed by atoms with van der Waals surface area (Å²) in [5, 5.41) is 6.73. The fourth-order valence-electron chi connectivity index (χ4n) is 6.12. The van der Waals surface area contributed by atoms with E-state index in [2.05, 4.69) is 10.6 Å². The molecule has 1 amide bonds. The number of amides is 1. The van der Waals surface area contributed by atoms with E-state index in [0.717, 1.165) is 11.1 Å².